The van der Waals surface area contributed by atoms with Crippen LogP contribution in [0.1, 0.15) is 23.4 Å². The Bertz CT molecular complexity index is 1270. The number of ether oxygens (including phenoxy) is 1. The van der Waals surface area contributed by atoms with E-state index >= 15 is 0 Å². The van der Waals surface area contributed by atoms with E-state index in [-0.39, 0.29) is 18.1 Å². The molecule has 0 fully saturated rings. The van der Waals surface area contributed by atoms with Crippen LogP contribution < -0.4 is 5.56 Å². The molecule has 150 valence electrons. The Morgan fingerprint density at radius 3 is 2.83 bits per heavy atom. The molecule has 0 spiro atoms. The minimum atomic E-state index is -0.288. The maximum absolute atomic E-state index is 12.4. The largest absolute Gasteiger partial charge is 0.457 e. The average Bonchev–Trinajstić information content (AvgIpc) is 3.34. The van der Waals surface area contributed by atoms with E-state index in [1.807, 2.05) is 11.4 Å². The van der Waals surface area contributed by atoms with Gasteiger partial charge in [0.15, 0.2) is 12.4 Å². The molecular formula is C20H20N4O3S2. The highest BCUT2D eigenvalue weighted by Gasteiger charge is 2.16. The molecule has 0 N–H and O–H groups in total. The molecule has 0 saturated heterocycles. The van der Waals surface area contributed by atoms with E-state index in [0.29, 0.717) is 28.5 Å². The maximum atomic E-state index is 12.4. The number of rotatable bonds is 6. The van der Waals surface area contributed by atoms with Crippen LogP contribution in [0.4, 0.5) is 0 Å². The molecule has 0 aliphatic carbocycles. The summed E-state index contributed by atoms with van der Waals surface area (Å²) in [5.74, 6) is 1.28. The fourth-order valence-electron chi connectivity index (χ4n) is 3.02. The molecule has 0 atom stereocenters. The van der Waals surface area contributed by atoms with Gasteiger partial charge in [-0.3, -0.25) is 18.6 Å². The highest BCUT2D eigenvalue weighted by atomic mass is 32.2. The molecule has 29 heavy (non-hydrogen) atoms. The summed E-state index contributed by atoms with van der Waals surface area (Å²) in [6.07, 6.45) is 0.306. The number of aromatic nitrogens is 4. The maximum Gasteiger partial charge on any atom is 0.307 e. The second-order valence-corrected chi connectivity index (χ2v) is 8.84. The highest BCUT2D eigenvalue weighted by Crippen LogP contribution is 2.22. The standard InChI is InChI=1S/C20H20N4O3S2/c1-12-4-5-14(10-13(12)2)28-9-7-17(25)27-11-16-21-22-20-23(3)19(26)18-15(24(16)20)6-8-29-18/h4-6,8,10H,7,9,11H2,1-3H3. The zero-order valence-electron chi connectivity index (χ0n) is 16.3. The number of nitrogens with zero attached hydrogens (tertiary/aromatic N) is 4. The Morgan fingerprint density at radius 1 is 1.21 bits per heavy atom. The molecule has 0 radical (unpaired) electrons. The third-order valence-corrected chi connectivity index (χ3v) is 6.70. The van der Waals surface area contributed by atoms with Crippen LogP contribution in [0.25, 0.3) is 16.0 Å². The minimum absolute atomic E-state index is 0.0114. The fourth-order valence-corrected chi connectivity index (χ4v) is 4.80. The Morgan fingerprint density at radius 2 is 2.03 bits per heavy atom. The molecule has 3 aromatic heterocycles. The summed E-state index contributed by atoms with van der Waals surface area (Å²) >= 11 is 3.00. The zero-order valence-corrected chi connectivity index (χ0v) is 18.0. The Kier molecular flexibility index (Phi) is 5.42. The second-order valence-electron chi connectivity index (χ2n) is 6.76. The lowest BCUT2D eigenvalue weighted by molar-refractivity contribution is -0.144. The van der Waals surface area contributed by atoms with Crippen LogP contribution in [0.3, 0.4) is 0 Å². The number of esters is 1. The van der Waals surface area contributed by atoms with E-state index in [4.69, 9.17) is 4.74 Å². The van der Waals surface area contributed by atoms with E-state index in [0.717, 1.165) is 10.4 Å². The molecule has 0 aliphatic heterocycles. The molecule has 3 heterocycles. The fraction of sp³-hybridized carbons (Fsp3) is 0.300. The lowest BCUT2D eigenvalue weighted by atomic mass is 10.1. The molecule has 0 aliphatic rings. The van der Waals surface area contributed by atoms with Crippen LogP contribution in [0.5, 0.6) is 0 Å². The lowest BCUT2D eigenvalue weighted by Gasteiger charge is -2.07. The molecular weight excluding hydrogens is 408 g/mol. The summed E-state index contributed by atoms with van der Waals surface area (Å²) in [7, 11) is 1.66. The molecule has 4 rings (SSSR count). The van der Waals surface area contributed by atoms with Crippen LogP contribution in [-0.2, 0) is 23.2 Å². The third-order valence-electron chi connectivity index (χ3n) is 4.81. The highest BCUT2D eigenvalue weighted by molar-refractivity contribution is 7.99. The van der Waals surface area contributed by atoms with Gasteiger partial charge in [0.05, 0.1) is 11.9 Å². The van der Waals surface area contributed by atoms with Crippen LogP contribution in [0, 0.1) is 13.8 Å². The molecule has 0 bridgehead atoms. The SMILES string of the molecule is Cc1ccc(SCCC(=O)OCc2nnc3n(C)c(=O)c4sccc4n23)cc1C. The number of carbonyl (C=O) groups excluding carboxylic acids is 1. The van der Waals surface area contributed by atoms with Gasteiger partial charge in [0.1, 0.15) is 4.70 Å². The van der Waals surface area contributed by atoms with Crippen LogP contribution in [0.2, 0.25) is 0 Å². The Hall–Kier alpha value is -2.65. The van der Waals surface area contributed by atoms with Crippen molar-refractivity contribution in [1.82, 2.24) is 19.2 Å². The third kappa shape index (κ3) is 3.79. The number of hydrogen-bond acceptors (Lipinski definition) is 7. The van der Waals surface area contributed by atoms with Crippen molar-refractivity contribution in [1.29, 1.82) is 0 Å². The number of aryl methyl sites for hydroxylation is 3. The first-order valence-electron chi connectivity index (χ1n) is 9.11. The van der Waals surface area contributed by atoms with Gasteiger partial charge in [-0.1, -0.05) is 6.07 Å². The predicted molar refractivity (Wildman–Crippen MR) is 115 cm³/mol. The smallest absolute Gasteiger partial charge is 0.307 e. The van der Waals surface area contributed by atoms with E-state index in [9.17, 15) is 9.59 Å². The molecule has 0 saturated carbocycles. The van der Waals surface area contributed by atoms with Crippen molar-refractivity contribution < 1.29 is 9.53 Å². The van der Waals surface area contributed by atoms with Gasteiger partial charge in [0.25, 0.3) is 5.56 Å². The first-order chi connectivity index (χ1) is 14.0. The van der Waals surface area contributed by atoms with Gasteiger partial charge in [0, 0.05) is 17.7 Å². The molecule has 7 nitrogen and oxygen atoms in total. The van der Waals surface area contributed by atoms with Gasteiger partial charge < -0.3 is 4.74 Å². The quantitative estimate of drug-likeness (QED) is 0.346. The van der Waals surface area contributed by atoms with Crippen LogP contribution in [-0.4, -0.2) is 30.9 Å². The van der Waals surface area contributed by atoms with Crippen molar-refractivity contribution in [2.45, 2.75) is 31.8 Å². The van der Waals surface area contributed by atoms with E-state index in [1.165, 1.54) is 27.0 Å². The number of benzene rings is 1. The van der Waals surface area contributed by atoms with Gasteiger partial charge >= 0.3 is 5.97 Å². The molecule has 1 aromatic carbocycles. The normalized spacial score (nSPS) is 11.4. The number of thiophene rings is 1. The second kappa shape index (κ2) is 8.00. The molecule has 0 amide bonds. The van der Waals surface area contributed by atoms with Crippen molar-refractivity contribution >= 4 is 45.1 Å². The van der Waals surface area contributed by atoms with Crippen molar-refractivity contribution in [3.05, 3.63) is 57.0 Å². The Labute approximate surface area is 175 Å². The molecule has 4 aromatic rings. The first-order valence-corrected chi connectivity index (χ1v) is 11.0. The summed E-state index contributed by atoms with van der Waals surface area (Å²) in [6.45, 7) is 4.17. The van der Waals surface area contributed by atoms with Gasteiger partial charge in [-0.25, -0.2) is 0 Å². The van der Waals surface area contributed by atoms with Gasteiger partial charge in [-0.05, 0) is 48.6 Å². The average molecular weight is 429 g/mol. The van der Waals surface area contributed by atoms with Crippen molar-refractivity contribution in [2.75, 3.05) is 5.75 Å². The number of hydrogen-bond donors (Lipinski definition) is 0. The lowest BCUT2D eigenvalue weighted by Crippen LogP contribution is -2.19. The number of thioether (sulfide) groups is 1. The van der Waals surface area contributed by atoms with E-state index in [2.05, 4.69) is 42.2 Å². The summed E-state index contributed by atoms with van der Waals surface area (Å²) in [5, 5.41) is 10.1. The monoisotopic (exact) mass is 428 g/mol. The minimum Gasteiger partial charge on any atom is -0.457 e. The summed E-state index contributed by atoms with van der Waals surface area (Å²) in [5.41, 5.74) is 3.12. The van der Waals surface area contributed by atoms with Crippen molar-refractivity contribution in [3.63, 3.8) is 0 Å². The summed E-state index contributed by atoms with van der Waals surface area (Å²) in [6, 6.07) is 8.13. The van der Waals surface area contributed by atoms with Gasteiger partial charge in [-0.2, -0.15) is 0 Å². The van der Waals surface area contributed by atoms with Crippen molar-refractivity contribution in [3.8, 4) is 0 Å². The first kappa shape index (κ1) is 19.7. The van der Waals surface area contributed by atoms with Crippen molar-refractivity contribution in [2.24, 2.45) is 7.05 Å². The predicted octanol–water partition coefficient (Wildman–Crippen LogP) is 3.49. The molecule has 0 unspecified atom stereocenters. The van der Waals surface area contributed by atoms with Gasteiger partial charge in [0.2, 0.25) is 5.78 Å². The van der Waals surface area contributed by atoms with Crippen LogP contribution >= 0.6 is 23.1 Å². The van der Waals surface area contributed by atoms with Crippen LogP contribution in [0.15, 0.2) is 39.3 Å². The van der Waals surface area contributed by atoms with Gasteiger partial charge in [-0.15, -0.1) is 33.3 Å². The van der Waals surface area contributed by atoms with E-state index < -0.39 is 0 Å². The molecule has 9 heteroatoms. The zero-order chi connectivity index (χ0) is 20.5. The number of fused-ring (bicyclic) bond motifs is 3. The Balaban J connectivity index is 1.41. The summed E-state index contributed by atoms with van der Waals surface area (Å²) in [4.78, 5) is 25.7. The number of carbonyl (C=O) groups is 1. The topological polar surface area (TPSA) is 78.5 Å². The van der Waals surface area contributed by atoms with E-state index in [1.54, 1.807) is 23.2 Å². The summed E-state index contributed by atoms with van der Waals surface area (Å²) < 4.78 is 9.26.